The van der Waals surface area contributed by atoms with Crippen molar-refractivity contribution < 1.29 is 9.18 Å². The van der Waals surface area contributed by atoms with Crippen LogP contribution < -0.4 is 5.32 Å². The molecule has 1 amide bonds. The zero-order chi connectivity index (χ0) is 15.5. The summed E-state index contributed by atoms with van der Waals surface area (Å²) < 4.78 is 13.4. The van der Waals surface area contributed by atoms with Gasteiger partial charge in [0.05, 0.1) is 5.57 Å². The summed E-state index contributed by atoms with van der Waals surface area (Å²) in [5, 5.41) is 2.77. The Morgan fingerprint density at radius 2 is 1.95 bits per heavy atom. The van der Waals surface area contributed by atoms with Crippen molar-refractivity contribution in [2.45, 2.75) is 13.5 Å². The molecule has 2 aromatic rings. The molecule has 0 saturated heterocycles. The topological polar surface area (TPSA) is 32.3 Å². The van der Waals surface area contributed by atoms with E-state index in [1.54, 1.807) is 6.07 Å². The predicted octanol–water partition coefficient (Wildman–Crippen LogP) is 3.64. The Morgan fingerprint density at radius 1 is 1.18 bits per heavy atom. The van der Waals surface area contributed by atoms with Gasteiger partial charge in [-0.2, -0.15) is 0 Å². The minimum atomic E-state index is -0.341. The average molecular weight is 296 g/mol. The molecule has 22 heavy (non-hydrogen) atoms. The Balaban J connectivity index is 1.90. The third kappa shape index (κ3) is 2.86. The van der Waals surface area contributed by atoms with E-state index in [1.165, 1.54) is 17.7 Å². The van der Waals surface area contributed by atoms with Crippen LogP contribution in [0.1, 0.15) is 18.1 Å². The van der Waals surface area contributed by atoms with Crippen molar-refractivity contribution in [2.24, 2.45) is 0 Å². The van der Waals surface area contributed by atoms with Crippen LogP contribution in [0.5, 0.6) is 0 Å². The highest BCUT2D eigenvalue weighted by Gasteiger charge is 2.25. The van der Waals surface area contributed by atoms with Crippen molar-refractivity contribution in [3.63, 3.8) is 0 Å². The number of halogens is 1. The molecule has 1 aliphatic rings. The lowest BCUT2D eigenvalue weighted by molar-refractivity contribution is -0.110. The highest BCUT2D eigenvalue weighted by molar-refractivity contribution is 6.31. The molecule has 0 saturated carbocycles. The number of carbonyl (C=O) groups excluding carboxylic acids is 1. The highest BCUT2D eigenvalue weighted by Crippen LogP contribution is 2.32. The van der Waals surface area contributed by atoms with E-state index >= 15 is 0 Å². The first-order valence-electron chi connectivity index (χ1n) is 7.28. The number of fused-ring (bicyclic) bond motifs is 1. The number of carbonyl (C=O) groups is 1. The van der Waals surface area contributed by atoms with Crippen LogP contribution in [-0.2, 0) is 11.3 Å². The van der Waals surface area contributed by atoms with Gasteiger partial charge in [-0.25, -0.2) is 4.39 Å². The number of anilines is 1. The first kappa shape index (κ1) is 14.3. The summed E-state index contributed by atoms with van der Waals surface area (Å²) in [6, 6.07) is 14.4. The van der Waals surface area contributed by atoms with Crippen LogP contribution in [0.4, 0.5) is 10.1 Å². The van der Waals surface area contributed by atoms with Gasteiger partial charge in [0.25, 0.3) is 5.91 Å². The zero-order valence-electron chi connectivity index (χ0n) is 12.3. The number of nitrogens with zero attached hydrogens (tertiary/aromatic N) is 1. The SMILES string of the molecule is CCN(/C=C1/C(=O)Nc2ccc(F)cc21)Cc1ccccc1. The predicted molar refractivity (Wildman–Crippen MR) is 85.5 cm³/mol. The fraction of sp³-hybridized carbons (Fsp3) is 0.167. The quantitative estimate of drug-likeness (QED) is 0.874. The summed E-state index contributed by atoms with van der Waals surface area (Å²) in [7, 11) is 0. The lowest BCUT2D eigenvalue weighted by Gasteiger charge is -2.19. The Kier molecular flexibility index (Phi) is 3.92. The molecule has 4 heteroatoms. The van der Waals surface area contributed by atoms with Crippen LogP contribution in [0.3, 0.4) is 0 Å². The Hall–Kier alpha value is -2.62. The summed E-state index contributed by atoms with van der Waals surface area (Å²) in [6.45, 7) is 3.49. The van der Waals surface area contributed by atoms with E-state index in [4.69, 9.17) is 0 Å². The fourth-order valence-electron chi connectivity index (χ4n) is 2.54. The van der Waals surface area contributed by atoms with Crippen molar-refractivity contribution in [1.82, 2.24) is 4.90 Å². The Morgan fingerprint density at radius 3 is 2.68 bits per heavy atom. The van der Waals surface area contributed by atoms with Gasteiger partial charge in [-0.15, -0.1) is 0 Å². The number of nitrogens with one attached hydrogen (secondary N) is 1. The molecule has 0 fully saturated rings. The van der Waals surface area contributed by atoms with Gasteiger partial charge < -0.3 is 10.2 Å². The normalized spacial score (nSPS) is 14.8. The number of hydrogen-bond donors (Lipinski definition) is 1. The minimum Gasteiger partial charge on any atom is -0.373 e. The maximum Gasteiger partial charge on any atom is 0.257 e. The zero-order valence-corrected chi connectivity index (χ0v) is 12.3. The largest absolute Gasteiger partial charge is 0.373 e. The standard InChI is InChI=1S/C18H17FN2O/c1-2-21(11-13-6-4-3-5-7-13)12-16-15-10-14(19)8-9-17(15)20-18(16)22/h3-10,12H,2,11H2,1H3,(H,20,22)/b16-12+. The van der Waals surface area contributed by atoms with Crippen molar-refractivity contribution in [2.75, 3.05) is 11.9 Å². The van der Waals surface area contributed by atoms with Gasteiger partial charge >= 0.3 is 0 Å². The molecule has 3 nitrogen and oxygen atoms in total. The van der Waals surface area contributed by atoms with Crippen LogP contribution in [0, 0.1) is 5.82 Å². The molecule has 2 aromatic carbocycles. The van der Waals surface area contributed by atoms with E-state index in [9.17, 15) is 9.18 Å². The van der Waals surface area contributed by atoms with E-state index in [0.717, 1.165) is 6.54 Å². The lowest BCUT2D eigenvalue weighted by atomic mass is 10.1. The minimum absolute atomic E-state index is 0.188. The summed E-state index contributed by atoms with van der Waals surface area (Å²) >= 11 is 0. The summed E-state index contributed by atoms with van der Waals surface area (Å²) in [6.07, 6.45) is 1.81. The van der Waals surface area contributed by atoms with Crippen LogP contribution in [0.2, 0.25) is 0 Å². The van der Waals surface area contributed by atoms with Gasteiger partial charge in [-0.05, 0) is 30.7 Å². The number of hydrogen-bond acceptors (Lipinski definition) is 2. The summed E-state index contributed by atoms with van der Waals surface area (Å²) in [5.74, 6) is -0.528. The number of benzene rings is 2. The lowest BCUT2D eigenvalue weighted by Crippen LogP contribution is -2.18. The molecule has 1 N–H and O–H groups in total. The molecule has 0 radical (unpaired) electrons. The monoisotopic (exact) mass is 296 g/mol. The maximum atomic E-state index is 13.4. The van der Waals surface area contributed by atoms with Gasteiger partial charge in [0.15, 0.2) is 0 Å². The van der Waals surface area contributed by atoms with E-state index < -0.39 is 0 Å². The molecule has 0 bridgehead atoms. The molecule has 0 aliphatic carbocycles. The van der Waals surface area contributed by atoms with Crippen LogP contribution in [0.15, 0.2) is 54.7 Å². The fourth-order valence-corrected chi connectivity index (χ4v) is 2.54. The summed E-state index contributed by atoms with van der Waals surface area (Å²) in [4.78, 5) is 14.2. The van der Waals surface area contributed by atoms with Gasteiger partial charge in [0.2, 0.25) is 0 Å². The van der Waals surface area contributed by atoms with Gasteiger partial charge in [-0.3, -0.25) is 4.79 Å². The maximum absolute atomic E-state index is 13.4. The van der Waals surface area contributed by atoms with E-state index in [1.807, 2.05) is 48.4 Å². The van der Waals surface area contributed by atoms with Crippen molar-refractivity contribution >= 4 is 17.2 Å². The van der Waals surface area contributed by atoms with Crippen LogP contribution in [-0.4, -0.2) is 17.4 Å². The number of amides is 1. The first-order chi connectivity index (χ1) is 10.7. The molecular formula is C18H17FN2O. The van der Waals surface area contributed by atoms with E-state index in [2.05, 4.69) is 5.32 Å². The average Bonchev–Trinajstić information content (AvgIpc) is 2.83. The molecule has 1 heterocycles. The molecule has 0 spiro atoms. The van der Waals surface area contributed by atoms with E-state index in [-0.39, 0.29) is 11.7 Å². The Labute approximate surface area is 129 Å². The molecule has 3 rings (SSSR count). The molecule has 0 unspecified atom stereocenters. The second-order valence-corrected chi connectivity index (χ2v) is 5.24. The Bertz CT molecular complexity index is 725. The van der Waals surface area contributed by atoms with Crippen LogP contribution >= 0.6 is 0 Å². The van der Waals surface area contributed by atoms with E-state index in [0.29, 0.717) is 23.4 Å². The van der Waals surface area contributed by atoms with Crippen LogP contribution in [0.25, 0.3) is 5.57 Å². The third-order valence-electron chi connectivity index (χ3n) is 3.71. The smallest absolute Gasteiger partial charge is 0.257 e. The van der Waals surface area contributed by atoms with Gasteiger partial charge in [0.1, 0.15) is 5.82 Å². The van der Waals surface area contributed by atoms with Crippen molar-refractivity contribution in [3.8, 4) is 0 Å². The van der Waals surface area contributed by atoms with Gasteiger partial charge in [-0.1, -0.05) is 30.3 Å². The van der Waals surface area contributed by atoms with Crippen molar-refractivity contribution in [1.29, 1.82) is 0 Å². The number of rotatable bonds is 4. The second-order valence-electron chi connectivity index (χ2n) is 5.24. The first-order valence-corrected chi connectivity index (χ1v) is 7.28. The van der Waals surface area contributed by atoms with Crippen molar-refractivity contribution in [3.05, 3.63) is 71.7 Å². The summed E-state index contributed by atoms with van der Waals surface area (Å²) in [5.41, 5.74) is 2.95. The molecule has 112 valence electrons. The molecule has 1 aliphatic heterocycles. The molecule has 0 aromatic heterocycles. The molecular weight excluding hydrogens is 279 g/mol. The molecule has 0 atom stereocenters. The van der Waals surface area contributed by atoms with Gasteiger partial charge in [0, 0.05) is 30.5 Å². The third-order valence-corrected chi connectivity index (χ3v) is 3.71. The second kappa shape index (κ2) is 6.02. The highest BCUT2D eigenvalue weighted by atomic mass is 19.1.